The van der Waals surface area contributed by atoms with E-state index in [9.17, 15) is 0 Å². The second-order valence-electron chi connectivity index (χ2n) is 7.17. The lowest BCUT2D eigenvalue weighted by atomic mass is 10.0. The van der Waals surface area contributed by atoms with Crippen molar-refractivity contribution in [1.29, 1.82) is 5.26 Å². The number of likely N-dealkylation sites (N-methyl/N-ethyl adjacent to an activating group) is 1. The largest absolute Gasteiger partial charge is 0.367 e. The Labute approximate surface area is 169 Å². The third-order valence-corrected chi connectivity index (χ3v) is 4.80. The number of aromatic nitrogens is 3. The van der Waals surface area contributed by atoms with E-state index in [2.05, 4.69) is 44.5 Å². The summed E-state index contributed by atoms with van der Waals surface area (Å²) in [6.07, 6.45) is 5.53. The molecule has 0 saturated heterocycles. The van der Waals surface area contributed by atoms with Crippen LogP contribution in [0.1, 0.15) is 5.56 Å². The Morgan fingerprint density at radius 2 is 1.86 bits per heavy atom. The monoisotopic (exact) mass is 382 g/mol. The van der Waals surface area contributed by atoms with Crippen LogP contribution in [0.15, 0.2) is 61.1 Å². The summed E-state index contributed by atoms with van der Waals surface area (Å²) in [5.74, 6) is 0.769. The molecule has 2 N–H and O–H groups in total. The van der Waals surface area contributed by atoms with Gasteiger partial charge >= 0.3 is 0 Å². The van der Waals surface area contributed by atoms with Crippen LogP contribution in [0.5, 0.6) is 0 Å². The normalized spacial score (nSPS) is 11.0. The molecule has 0 fully saturated rings. The molecule has 0 saturated carbocycles. The topological polar surface area (TPSA) is 80.6 Å². The zero-order chi connectivity index (χ0) is 20.2. The quantitative estimate of drug-likeness (QED) is 0.524. The average molecular weight is 382 g/mol. The Kier molecular flexibility index (Phi) is 5.23. The van der Waals surface area contributed by atoms with E-state index in [1.54, 1.807) is 12.4 Å². The number of nitrogens with zero attached hydrogens (tertiary/aromatic N) is 4. The first-order chi connectivity index (χ1) is 14.1. The number of benzene rings is 2. The minimum absolute atomic E-state index is 0.656. The molecule has 0 unspecified atom stereocenters. The van der Waals surface area contributed by atoms with Crippen LogP contribution in [0.25, 0.3) is 33.3 Å². The molecule has 4 rings (SSSR count). The summed E-state index contributed by atoms with van der Waals surface area (Å²) in [7, 11) is 4.09. The van der Waals surface area contributed by atoms with E-state index in [1.165, 1.54) is 0 Å². The van der Waals surface area contributed by atoms with Crippen molar-refractivity contribution in [2.75, 3.05) is 32.5 Å². The summed E-state index contributed by atoms with van der Waals surface area (Å²) >= 11 is 0. The SMILES string of the molecule is CN(C)CCNc1cncc(-c2ccc3[nH]cc(-c4ccc(C#N)cc4)c3c2)n1. The number of nitrogens with one attached hydrogen (secondary N) is 2. The summed E-state index contributed by atoms with van der Waals surface area (Å²) in [6.45, 7) is 1.74. The van der Waals surface area contributed by atoms with Crippen molar-refractivity contribution in [2.45, 2.75) is 0 Å². The molecule has 0 aliphatic carbocycles. The Bertz CT molecular complexity index is 1170. The second kappa shape index (κ2) is 8.13. The van der Waals surface area contributed by atoms with Crippen LogP contribution in [0, 0.1) is 11.3 Å². The second-order valence-corrected chi connectivity index (χ2v) is 7.17. The molecule has 0 radical (unpaired) electrons. The Morgan fingerprint density at radius 1 is 1.07 bits per heavy atom. The van der Waals surface area contributed by atoms with Gasteiger partial charge in [-0.3, -0.25) is 4.98 Å². The van der Waals surface area contributed by atoms with E-state index in [4.69, 9.17) is 10.2 Å². The first-order valence-electron chi connectivity index (χ1n) is 9.47. The van der Waals surface area contributed by atoms with Gasteiger partial charge in [-0.1, -0.05) is 18.2 Å². The van der Waals surface area contributed by atoms with Crippen molar-refractivity contribution in [1.82, 2.24) is 19.9 Å². The standard InChI is InChI=1S/C23H22N6/c1-29(2)10-9-26-23-15-25-14-22(28-23)18-7-8-21-19(11-18)20(13-27-21)17-5-3-16(12-24)4-6-17/h3-8,11,13-15,27H,9-10H2,1-2H3,(H,26,28). The van der Waals surface area contributed by atoms with Crippen LogP contribution in [-0.2, 0) is 0 Å². The molecule has 2 aromatic heterocycles. The first-order valence-corrected chi connectivity index (χ1v) is 9.47. The summed E-state index contributed by atoms with van der Waals surface area (Å²) in [5, 5.41) is 13.4. The van der Waals surface area contributed by atoms with Gasteiger partial charge in [-0.05, 0) is 43.9 Å². The number of H-pyrrole nitrogens is 1. The highest BCUT2D eigenvalue weighted by molar-refractivity contribution is 5.97. The number of nitriles is 1. The molecule has 6 heteroatoms. The summed E-state index contributed by atoms with van der Waals surface area (Å²) in [4.78, 5) is 14.5. The molecule has 6 nitrogen and oxygen atoms in total. The van der Waals surface area contributed by atoms with Crippen LogP contribution in [-0.4, -0.2) is 47.0 Å². The molecule has 0 atom stereocenters. The number of hydrogen-bond donors (Lipinski definition) is 2. The minimum Gasteiger partial charge on any atom is -0.367 e. The van der Waals surface area contributed by atoms with E-state index >= 15 is 0 Å². The smallest absolute Gasteiger partial charge is 0.145 e. The van der Waals surface area contributed by atoms with Crippen molar-refractivity contribution >= 4 is 16.7 Å². The molecular formula is C23H22N6. The Morgan fingerprint density at radius 3 is 2.62 bits per heavy atom. The first kappa shape index (κ1) is 18.7. The van der Waals surface area contributed by atoms with E-state index < -0.39 is 0 Å². The van der Waals surface area contributed by atoms with Crippen molar-refractivity contribution in [3.63, 3.8) is 0 Å². The number of hydrogen-bond acceptors (Lipinski definition) is 5. The fourth-order valence-electron chi connectivity index (χ4n) is 3.24. The van der Waals surface area contributed by atoms with E-state index in [0.29, 0.717) is 5.56 Å². The lowest BCUT2D eigenvalue weighted by molar-refractivity contribution is 0.425. The predicted octanol–water partition coefficient (Wildman–Crippen LogP) is 4.14. The van der Waals surface area contributed by atoms with Gasteiger partial charge in [0, 0.05) is 41.3 Å². The van der Waals surface area contributed by atoms with Crippen molar-refractivity contribution in [2.24, 2.45) is 0 Å². The molecule has 2 heterocycles. The van der Waals surface area contributed by atoms with Gasteiger partial charge in [0.15, 0.2) is 0 Å². The van der Waals surface area contributed by atoms with Crippen molar-refractivity contribution in [3.05, 3.63) is 66.6 Å². The molecule has 0 bridgehead atoms. The minimum atomic E-state index is 0.656. The fraction of sp³-hybridized carbons (Fsp3) is 0.174. The molecule has 4 aromatic rings. The molecule has 0 aliphatic rings. The number of fused-ring (bicyclic) bond motifs is 1. The maximum absolute atomic E-state index is 9.02. The predicted molar refractivity (Wildman–Crippen MR) is 117 cm³/mol. The van der Waals surface area contributed by atoms with Gasteiger partial charge in [-0.15, -0.1) is 0 Å². The summed E-state index contributed by atoms with van der Waals surface area (Å²) in [6, 6.07) is 16.0. The highest BCUT2D eigenvalue weighted by Gasteiger charge is 2.09. The van der Waals surface area contributed by atoms with Gasteiger partial charge in [0.1, 0.15) is 5.82 Å². The van der Waals surface area contributed by atoms with E-state index in [0.717, 1.165) is 52.2 Å². The molecule has 0 amide bonds. The maximum Gasteiger partial charge on any atom is 0.145 e. The lowest BCUT2D eigenvalue weighted by Crippen LogP contribution is -2.21. The molecule has 0 aliphatic heterocycles. The summed E-state index contributed by atoms with van der Waals surface area (Å²) < 4.78 is 0. The molecular weight excluding hydrogens is 360 g/mol. The van der Waals surface area contributed by atoms with Crippen LogP contribution < -0.4 is 5.32 Å². The van der Waals surface area contributed by atoms with Gasteiger partial charge in [0.2, 0.25) is 0 Å². The van der Waals surface area contributed by atoms with Gasteiger partial charge in [0.05, 0.1) is 29.7 Å². The van der Waals surface area contributed by atoms with Gasteiger partial charge < -0.3 is 15.2 Å². The summed E-state index contributed by atoms with van der Waals surface area (Å²) in [5.41, 5.74) is 5.71. The third-order valence-electron chi connectivity index (χ3n) is 4.80. The molecule has 29 heavy (non-hydrogen) atoms. The van der Waals surface area contributed by atoms with E-state index in [-0.39, 0.29) is 0 Å². The van der Waals surface area contributed by atoms with Crippen molar-refractivity contribution < 1.29 is 0 Å². The zero-order valence-corrected chi connectivity index (χ0v) is 16.5. The highest BCUT2D eigenvalue weighted by atomic mass is 15.1. The highest BCUT2D eigenvalue weighted by Crippen LogP contribution is 2.32. The molecule has 2 aromatic carbocycles. The van der Waals surface area contributed by atoms with Crippen molar-refractivity contribution in [3.8, 4) is 28.5 Å². The zero-order valence-electron chi connectivity index (χ0n) is 16.5. The lowest BCUT2D eigenvalue weighted by Gasteiger charge is -2.11. The Balaban J connectivity index is 1.66. The van der Waals surface area contributed by atoms with Crippen LogP contribution in [0.4, 0.5) is 5.82 Å². The van der Waals surface area contributed by atoms with Gasteiger partial charge in [-0.2, -0.15) is 5.26 Å². The van der Waals surface area contributed by atoms with Crippen LogP contribution >= 0.6 is 0 Å². The third kappa shape index (κ3) is 4.10. The van der Waals surface area contributed by atoms with Crippen LogP contribution in [0.2, 0.25) is 0 Å². The fourth-order valence-corrected chi connectivity index (χ4v) is 3.24. The average Bonchev–Trinajstić information content (AvgIpc) is 3.17. The van der Waals surface area contributed by atoms with Gasteiger partial charge in [-0.25, -0.2) is 4.98 Å². The molecule has 0 spiro atoms. The number of rotatable bonds is 6. The maximum atomic E-state index is 9.02. The number of anilines is 1. The van der Waals surface area contributed by atoms with E-state index in [1.807, 2.05) is 44.6 Å². The number of aromatic amines is 1. The molecule has 144 valence electrons. The van der Waals surface area contributed by atoms with Crippen LogP contribution in [0.3, 0.4) is 0 Å². The Hall–Kier alpha value is -3.69. The van der Waals surface area contributed by atoms with Gasteiger partial charge in [0.25, 0.3) is 0 Å².